The zero-order valence-electron chi connectivity index (χ0n) is 14.5. The normalized spacial score (nSPS) is 14.3. The molecule has 0 unspecified atom stereocenters. The first-order valence-corrected chi connectivity index (χ1v) is 8.78. The van der Waals surface area contributed by atoms with E-state index in [0.29, 0.717) is 28.0 Å². The molecule has 1 aliphatic heterocycles. The zero-order valence-corrected chi connectivity index (χ0v) is 15.3. The van der Waals surface area contributed by atoms with Crippen LogP contribution in [-0.4, -0.2) is 43.1 Å². The minimum Gasteiger partial charge on any atom is -0.361 e. The van der Waals surface area contributed by atoms with Crippen LogP contribution in [0, 0.1) is 0 Å². The summed E-state index contributed by atoms with van der Waals surface area (Å²) in [5.41, 5.74) is 1.12. The number of piperidine rings is 1. The smallest absolute Gasteiger partial charge is 0.255 e. The number of nitrogens with one attached hydrogen (secondary N) is 1. The number of hydrogen-bond donors (Lipinski definition) is 1. The van der Waals surface area contributed by atoms with Crippen LogP contribution >= 0.6 is 11.6 Å². The second-order valence-electron chi connectivity index (χ2n) is 6.31. The molecule has 1 aliphatic rings. The maximum Gasteiger partial charge on any atom is 0.255 e. The number of carbonyl (C=O) groups is 1. The predicted octanol–water partition coefficient (Wildman–Crippen LogP) is 3.44. The minimum absolute atomic E-state index is 0.214. The Bertz CT molecular complexity index is 742. The third-order valence-corrected chi connectivity index (χ3v) is 4.43. The lowest BCUT2D eigenvalue weighted by Crippen LogP contribution is -2.31. The highest BCUT2D eigenvalue weighted by Crippen LogP contribution is 2.25. The number of aromatic nitrogens is 2. The van der Waals surface area contributed by atoms with Gasteiger partial charge in [-0.25, -0.2) is 4.98 Å². The van der Waals surface area contributed by atoms with Crippen molar-refractivity contribution in [3.63, 3.8) is 0 Å². The quantitative estimate of drug-likeness (QED) is 0.906. The average Bonchev–Trinajstić information content (AvgIpc) is 2.63. The van der Waals surface area contributed by atoms with Gasteiger partial charge >= 0.3 is 0 Å². The third kappa shape index (κ3) is 4.20. The summed E-state index contributed by atoms with van der Waals surface area (Å²) in [6.07, 6.45) is 5.26. The van der Waals surface area contributed by atoms with E-state index in [0.717, 1.165) is 25.9 Å². The first kappa shape index (κ1) is 17.5. The van der Waals surface area contributed by atoms with Crippen LogP contribution in [0.25, 0.3) is 0 Å². The largest absolute Gasteiger partial charge is 0.361 e. The van der Waals surface area contributed by atoms with E-state index in [-0.39, 0.29) is 5.91 Å². The summed E-state index contributed by atoms with van der Waals surface area (Å²) in [7, 11) is 3.81. The standard InChI is InChI=1S/C18H22ClN5O/c1-23(2)16-15(21-17(25)13-6-8-14(19)9-7-13)12-20-18(22-16)24-10-4-3-5-11-24/h6-9,12H,3-5,10-11H2,1-2H3,(H,21,25). The molecule has 0 saturated carbocycles. The Balaban J connectivity index is 1.82. The number of hydrogen-bond acceptors (Lipinski definition) is 5. The maximum atomic E-state index is 12.4. The monoisotopic (exact) mass is 359 g/mol. The van der Waals surface area contributed by atoms with E-state index in [2.05, 4.69) is 20.2 Å². The number of halogens is 1. The van der Waals surface area contributed by atoms with Crippen LogP contribution in [0.15, 0.2) is 30.5 Å². The van der Waals surface area contributed by atoms with Crippen LogP contribution in [0.2, 0.25) is 5.02 Å². The Morgan fingerprint density at radius 2 is 1.84 bits per heavy atom. The summed E-state index contributed by atoms with van der Waals surface area (Å²) in [5.74, 6) is 1.19. The summed E-state index contributed by atoms with van der Waals surface area (Å²) in [6, 6.07) is 6.77. The van der Waals surface area contributed by atoms with Crippen molar-refractivity contribution < 1.29 is 4.79 Å². The molecule has 1 N–H and O–H groups in total. The molecule has 25 heavy (non-hydrogen) atoms. The lowest BCUT2D eigenvalue weighted by atomic mass is 10.1. The Labute approximate surface area is 152 Å². The van der Waals surface area contributed by atoms with Crippen LogP contribution in [0.5, 0.6) is 0 Å². The summed E-state index contributed by atoms with van der Waals surface area (Å²) in [4.78, 5) is 25.6. The van der Waals surface area contributed by atoms with Crippen molar-refractivity contribution in [3.8, 4) is 0 Å². The van der Waals surface area contributed by atoms with E-state index in [1.807, 2.05) is 19.0 Å². The van der Waals surface area contributed by atoms with Crippen LogP contribution in [0.3, 0.4) is 0 Å². The van der Waals surface area contributed by atoms with Crippen molar-refractivity contribution in [1.82, 2.24) is 9.97 Å². The summed E-state index contributed by atoms with van der Waals surface area (Å²) < 4.78 is 0. The molecule has 0 radical (unpaired) electrons. The number of anilines is 3. The molecule has 1 amide bonds. The molecular formula is C18H22ClN5O. The zero-order chi connectivity index (χ0) is 17.8. The molecule has 1 aromatic heterocycles. The van der Waals surface area contributed by atoms with Crippen LogP contribution in [-0.2, 0) is 0 Å². The fourth-order valence-electron chi connectivity index (χ4n) is 2.83. The van der Waals surface area contributed by atoms with Gasteiger partial charge in [-0.15, -0.1) is 0 Å². The first-order valence-electron chi connectivity index (χ1n) is 8.41. The van der Waals surface area contributed by atoms with Gasteiger partial charge in [0.15, 0.2) is 5.82 Å². The predicted molar refractivity (Wildman–Crippen MR) is 102 cm³/mol. The Morgan fingerprint density at radius 1 is 1.16 bits per heavy atom. The van der Waals surface area contributed by atoms with Gasteiger partial charge in [-0.05, 0) is 43.5 Å². The maximum absolute atomic E-state index is 12.4. The molecule has 1 aromatic carbocycles. The molecule has 1 saturated heterocycles. The topological polar surface area (TPSA) is 61.4 Å². The van der Waals surface area contributed by atoms with Gasteiger partial charge in [-0.2, -0.15) is 4.98 Å². The van der Waals surface area contributed by atoms with E-state index >= 15 is 0 Å². The van der Waals surface area contributed by atoms with Crippen LogP contribution in [0.4, 0.5) is 17.5 Å². The highest BCUT2D eigenvalue weighted by atomic mass is 35.5. The Kier molecular flexibility index (Phi) is 5.38. The first-order chi connectivity index (χ1) is 12.0. The number of carbonyl (C=O) groups excluding carboxylic acids is 1. The SMILES string of the molecule is CN(C)c1nc(N2CCCCC2)ncc1NC(=O)c1ccc(Cl)cc1. The second-order valence-corrected chi connectivity index (χ2v) is 6.75. The molecule has 2 aromatic rings. The van der Waals surface area contributed by atoms with Gasteiger partial charge in [0, 0.05) is 37.8 Å². The van der Waals surface area contributed by atoms with Gasteiger partial charge in [0.05, 0.1) is 6.20 Å². The lowest BCUT2D eigenvalue weighted by molar-refractivity contribution is 0.102. The summed E-state index contributed by atoms with van der Waals surface area (Å²) in [6.45, 7) is 1.95. The molecule has 0 aliphatic carbocycles. The minimum atomic E-state index is -0.214. The Morgan fingerprint density at radius 3 is 2.48 bits per heavy atom. The molecule has 3 rings (SSSR count). The van der Waals surface area contributed by atoms with E-state index in [1.165, 1.54) is 6.42 Å². The van der Waals surface area contributed by atoms with E-state index < -0.39 is 0 Å². The second kappa shape index (κ2) is 7.70. The molecule has 1 fully saturated rings. The fourth-order valence-corrected chi connectivity index (χ4v) is 2.96. The molecule has 0 atom stereocenters. The highest BCUT2D eigenvalue weighted by molar-refractivity contribution is 6.30. The molecule has 132 valence electrons. The van der Waals surface area contributed by atoms with Crippen molar-refractivity contribution in [3.05, 3.63) is 41.0 Å². The summed E-state index contributed by atoms with van der Waals surface area (Å²) >= 11 is 5.87. The molecule has 6 nitrogen and oxygen atoms in total. The van der Waals surface area contributed by atoms with Crippen molar-refractivity contribution in [2.24, 2.45) is 0 Å². The van der Waals surface area contributed by atoms with E-state index in [9.17, 15) is 4.79 Å². The van der Waals surface area contributed by atoms with Crippen LogP contribution < -0.4 is 15.1 Å². The third-order valence-electron chi connectivity index (χ3n) is 4.17. The van der Waals surface area contributed by atoms with Crippen molar-refractivity contribution in [1.29, 1.82) is 0 Å². The molecule has 7 heteroatoms. The fraction of sp³-hybridized carbons (Fsp3) is 0.389. The molecule has 2 heterocycles. The molecule has 0 bridgehead atoms. The van der Waals surface area contributed by atoms with Gasteiger partial charge in [-0.3, -0.25) is 4.79 Å². The number of rotatable bonds is 4. The highest BCUT2D eigenvalue weighted by Gasteiger charge is 2.18. The van der Waals surface area contributed by atoms with Crippen molar-refractivity contribution in [2.45, 2.75) is 19.3 Å². The van der Waals surface area contributed by atoms with Gasteiger partial charge in [-0.1, -0.05) is 11.6 Å². The average molecular weight is 360 g/mol. The van der Waals surface area contributed by atoms with Gasteiger partial charge in [0.2, 0.25) is 5.95 Å². The van der Waals surface area contributed by atoms with E-state index in [1.54, 1.807) is 30.5 Å². The number of amides is 1. The van der Waals surface area contributed by atoms with Gasteiger partial charge in [0.25, 0.3) is 5.91 Å². The summed E-state index contributed by atoms with van der Waals surface area (Å²) in [5, 5.41) is 3.49. The number of nitrogens with zero attached hydrogens (tertiary/aromatic N) is 4. The molecule has 0 spiro atoms. The van der Waals surface area contributed by atoms with Crippen molar-refractivity contribution in [2.75, 3.05) is 42.3 Å². The van der Waals surface area contributed by atoms with E-state index in [4.69, 9.17) is 11.6 Å². The van der Waals surface area contributed by atoms with Crippen LogP contribution in [0.1, 0.15) is 29.6 Å². The van der Waals surface area contributed by atoms with Gasteiger partial charge < -0.3 is 15.1 Å². The van der Waals surface area contributed by atoms with Gasteiger partial charge in [0.1, 0.15) is 5.69 Å². The Hall–Kier alpha value is -2.34. The lowest BCUT2D eigenvalue weighted by Gasteiger charge is -2.28. The molecular weight excluding hydrogens is 338 g/mol. The van der Waals surface area contributed by atoms with Crippen molar-refractivity contribution >= 4 is 35.0 Å². The number of benzene rings is 1.